The number of aromatic nitrogens is 1. The lowest BCUT2D eigenvalue weighted by atomic mass is 10.2. The maximum Gasteiger partial charge on any atom is 0.219 e. The van der Waals surface area contributed by atoms with Crippen molar-refractivity contribution in [3.8, 4) is 11.6 Å². The largest absolute Gasteiger partial charge is 0.439 e. The Labute approximate surface area is 116 Å². The van der Waals surface area contributed by atoms with Crippen LogP contribution in [-0.4, -0.2) is 9.97 Å². The fourth-order valence-electron chi connectivity index (χ4n) is 1.38. The fourth-order valence-corrected chi connectivity index (χ4v) is 1.67. The second-order valence-electron chi connectivity index (χ2n) is 3.76. The SMILES string of the molecule is Cc1ccc(Cl)cc1Oc1ccc(C(N)=S)cn1. The molecular weight excluding hydrogens is 268 g/mol. The van der Waals surface area contributed by atoms with Gasteiger partial charge in [-0.1, -0.05) is 29.9 Å². The molecule has 1 heterocycles. The molecule has 0 aliphatic carbocycles. The summed E-state index contributed by atoms with van der Waals surface area (Å²) in [5.74, 6) is 1.15. The van der Waals surface area contributed by atoms with E-state index in [1.54, 1.807) is 24.4 Å². The normalized spacial score (nSPS) is 10.1. The zero-order valence-corrected chi connectivity index (χ0v) is 11.3. The Balaban J connectivity index is 2.23. The Morgan fingerprint density at radius 1 is 1.33 bits per heavy atom. The summed E-state index contributed by atoms with van der Waals surface area (Å²) in [6.07, 6.45) is 1.58. The van der Waals surface area contributed by atoms with E-state index in [4.69, 9.17) is 34.3 Å². The van der Waals surface area contributed by atoms with Gasteiger partial charge in [-0.3, -0.25) is 0 Å². The molecule has 0 aliphatic heterocycles. The first-order valence-corrected chi connectivity index (χ1v) is 6.05. The van der Waals surface area contributed by atoms with E-state index in [1.165, 1.54) is 0 Å². The number of ether oxygens (including phenoxy) is 1. The number of rotatable bonds is 3. The van der Waals surface area contributed by atoms with E-state index in [0.29, 0.717) is 27.2 Å². The molecular formula is C13H11ClN2OS. The first kappa shape index (κ1) is 12.8. The lowest BCUT2D eigenvalue weighted by molar-refractivity contribution is 0.459. The molecule has 1 aromatic heterocycles. The molecule has 0 spiro atoms. The minimum Gasteiger partial charge on any atom is -0.439 e. The van der Waals surface area contributed by atoms with E-state index in [2.05, 4.69) is 4.98 Å². The summed E-state index contributed by atoms with van der Waals surface area (Å²) in [6, 6.07) is 8.94. The van der Waals surface area contributed by atoms with Crippen LogP contribution in [-0.2, 0) is 0 Å². The number of halogens is 1. The van der Waals surface area contributed by atoms with E-state index < -0.39 is 0 Å². The van der Waals surface area contributed by atoms with Crippen LogP contribution in [0.4, 0.5) is 0 Å². The number of pyridine rings is 1. The summed E-state index contributed by atoms with van der Waals surface area (Å²) in [4.78, 5) is 4.45. The van der Waals surface area contributed by atoms with Crippen molar-refractivity contribution in [2.45, 2.75) is 6.92 Å². The van der Waals surface area contributed by atoms with Crippen molar-refractivity contribution < 1.29 is 4.74 Å². The van der Waals surface area contributed by atoms with Gasteiger partial charge < -0.3 is 10.5 Å². The molecule has 5 heteroatoms. The summed E-state index contributed by atoms with van der Waals surface area (Å²) in [5, 5.41) is 0.621. The number of hydrogen-bond acceptors (Lipinski definition) is 3. The average molecular weight is 279 g/mol. The number of nitrogens with zero attached hydrogens (tertiary/aromatic N) is 1. The molecule has 0 atom stereocenters. The van der Waals surface area contributed by atoms with Crippen LogP contribution in [0.2, 0.25) is 5.02 Å². The summed E-state index contributed by atoms with van der Waals surface area (Å²) in [6.45, 7) is 1.94. The highest BCUT2D eigenvalue weighted by Gasteiger charge is 2.04. The van der Waals surface area contributed by atoms with Crippen LogP contribution < -0.4 is 10.5 Å². The van der Waals surface area contributed by atoms with E-state index in [9.17, 15) is 0 Å². The lowest BCUT2D eigenvalue weighted by Gasteiger charge is -2.08. The molecule has 0 saturated carbocycles. The van der Waals surface area contributed by atoms with Gasteiger partial charge in [0.2, 0.25) is 5.88 Å². The van der Waals surface area contributed by atoms with E-state index >= 15 is 0 Å². The molecule has 0 bridgehead atoms. The molecule has 2 aromatic rings. The number of hydrogen-bond donors (Lipinski definition) is 1. The maximum absolute atomic E-state index is 5.92. The van der Waals surface area contributed by atoms with Gasteiger partial charge >= 0.3 is 0 Å². The number of aryl methyl sites for hydroxylation is 1. The Kier molecular flexibility index (Phi) is 3.79. The van der Waals surface area contributed by atoms with E-state index in [0.717, 1.165) is 5.56 Å². The minimum atomic E-state index is 0.313. The van der Waals surface area contributed by atoms with Gasteiger partial charge in [0.1, 0.15) is 10.7 Å². The fraction of sp³-hybridized carbons (Fsp3) is 0.0769. The topological polar surface area (TPSA) is 48.1 Å². The Morgan fingerprint density at radius 2 is 2.11 bits per heavy atom. The molecule has 0 aliphatic rings. The third-order valence-electron chi connectivity index (χ3n) is 2.39. The summed E-state index contributed by atoms with van der Waals surface area (Å²) in [7, 11) is 0. The molecule has 3 nitrogen and oxygen atoms in total. The van der Waals surface area contributed by atoms with Gasteiger partial charge in [-0.15, -0.1) is 0 Å². The van der Waals surface area contributed by atoms with Crippen LogP contribution in [0.15, 0.2) is 36.5 Å². The van der Waals surface area contributed by atoms with Crippen LogP contribution in [0.3, 0.4) is 0 Å². The van der Waals surface area contributed by atoms with Gasteiger partial charge in [0.25, 0.3) is 0 Å². The molecule has 1 aromatic carbocycles. The van der Waals surface area contributed by atoms with Crippen molar-refractivity contribution in [1.82, 2.24) is 4.98 Å². The van der Waals surface area contributed by atoms with Gasteiger partial charge in [-0.05, 0) is 30.7 Å². The van der Waals surface area contributed by atoms with Gasteiger partial charge in [-0.25, -0.2) is 4.98 Å². The zero-order chi connectivity index (χ0) is 13.1. The third-order valence-corrected chi connectivity index (χ3v) is 2.86. The first-order chi connectivity index (χ1) is 8.56. The second kappa shape index (κ2) is 5.33. The van der Waals surface area contributed by atoms with Crippen molar-refractivity contribution in [2.24, 2.45) is 5.73 Å². The van der Waals surface area contributed by atoms with Gasteiger partial charge in [0.05, 0.1) is 0 Å². The van der Waals surface area contributed by atoms with Gasteiger partial charge in [0.15, 0.2) is 0 Å². The maximum atomic E-state index is 5.92. The highest BCUT2D eigenvalue weighted by molar-refractivity contribution is 7.80. The van der Waals surface area contributed by atoms with Gasteiger partial charge in [0, 0.05) is 22.8 Å². The van der Waals surface area contributed by atoms with Crippen molar-refractivity contribution in [1.29, 1.82) is 0 Å². The quantitative estimate of drug-likeness (QED) is 0.874. The molecule has 0 amide bonds. The van der Waals surface area contributed by atoms with Crippen LogP contribution in [0, 0.1) is 6.92 Å². The van der Waals surface area contributed by atoms with Crippen LogP contribution in [0.1, 0.15) is 11.1 Å². The molecule has 2 N–H and O–H groups in total. The lowest BCUT2D eigenvalue weighted by Crippen LogP contribution is -2.09. The number of benzene rings is 1. The zero-order valence-electron chi connectivity index (χ0n) is 9.68. The van der Waals surface area contributed by atoms with Crippen molar-refractivity contribution in [3.63, 3.8) is 0 Å². The third kappa shape index (κ3) is 2.97. The Hall–Kier alpha value is -1.65. The van der Waals surface area contributed by atoms with E-state index in [1.807, 2.05) is 19.1 Å². The Morgan fingerprint density at radius 3 is 2.72 bits per heavy atom. The van der Waals surface area contributed by atoms with Crippen LogP contribution in [0.25, 0.3) is 0 Å². The average Bonchev–Trinajstić information content (AvgIpc) is 2.34. The molecule has 0 unspecified atom stereocenters. The van der Waals surface area contributed by atoms with Crippen molar-refractivity contribution in [2.75, 3.05) is 0 Å². The summed E-state index contributed by atoms with van der Waals surface area (Å²) >= 11 is 10.8. The standard InChI is InChI=1S/C13H11ClN2OS/c1-8-2-4-10(14)6-11(8)17-12-5-3-9(7-16-12)13(15)18/h2-7H,1H3,(H2,15,18). The molecule has 18 heavy (non-hydrogen) atoms. The van der Waals surface area contributed by atoms with Crippen molar-refractivity contribution in [3.05, 3.63) is 52.7 Å². The van der Waals surface area contributed by atoms with Crippen LogP contribution in [0.5, 0.6) is 11.6 Å². The molecule has 92 valence electrons. The smallest absolute Gasteiger partial charge is 0.219 e. The Bertz CT molecular complexity index is 584. The van der Waals surface area contributed by atoms with Crippen molar-refractivity contribution >= 4 is 28.8 Å². The highest BCUT2D eigenvalue weighted by atomic mass is 35.5. The molecule has 0 fully saturated rings. The highest BCUT2D eigenvalue weighted by Crippen LogP contribution is 2.26. The minimum absolute atomic E-state index is 0.313. The van der Waals surface area contributed by atoms with Crippen LogP contribution >= 0.6 is 23.8 Å². The summed E-state index contributed by atoms with van der Waals surface area (Å²) < 4.78 is 5.65. The van der Waals surface area contributed by atoms with E-state index in [-0.39, 0.29) is 0 Å². The number of thiocarbonyl (C=S) groups is 1. The molecule has 0 radical (unpaired) electrons. The summed E-state index contributed by atoms with van der Waals surface area (Å²) in [5.41, 5.74) is 7.19. The predicted octanol–water partition coefficient (Wildman–Crippen LogP) is 3.47. The second-order valence-corrected chi connectivity index (χ2v) is 4.64. The molecule has 2 rings (SSSR count). The monoisotopic (exact) mass is 278 g/mol. The number of nitrogens with two attached hydrogens (primary N) is 1. The molecule has 0 saturated heterocycles. The predicted molar refractivity (Wildman–Crippen MR) is 76.4 cm³/mol. The van der Waals surface area contributed by atoms with Gasteiger partial charge in [-0.2, -0.15) is 0 Å². The first-order valence-electron chi connectivity index (χ1n) is 5.26.